The largest absolute Gasteiger partial charge is 0.416 e. The third-order valence-corrected chi connectivity index (χ3v) is 8.03. The SMILES string of the molecule is CCN(CC)CCCNC(=O)CN1CCN(C(=O)c2cc(C(F)(F)F)cc(C(F)(F)F)c2)[C@H](Cc2c[nH]c3ccccc23)C1.Cl.Cl. The van der Waals surface area contributed by atoms with Crippen molar-refractivity contribution in [2.45, 2.75) is 45.1 Å². The number of halogens is 8. The number of H-pyrrole nitrogens is 1. The maximum absolute atomic E-state index is 13.7. The van der Waals surface area contributed by atoms with Crippen molar-refractivity contribution in [1.82, 2.24) is 25.0 Å². The van der Waals surface area contributed by atoms with Gasteiger partial charge in [0.05, 0.1) is 17.7 Å². The molecule has 1 fully saturated rings. The Hall–Kier alpha value is -3.00. The topological polar surface area (TPSA) is 71.7 Å². The number of para-hydroxylation sites is 1. The molecule has 0 aliphatic carbocycles. The first-order chi connectivity index (χ1) is 20.8. The molecule has 0 spiro atoms. The molecule has 1 aliphatic rings. The molecule has 1 aliphatic heterocycles. The van der Waals surface area contributed by atoms with Gasteiger partial charge < -0.3 is 20.1 Å². The number of rotatable bonds is 11. The average Bonchev–Trinajstić information content (AvgIpc) is 3.38. The lowest BCUT2D eigenvalue weighted by Gasteiger charge is -2.41. The summed E-state index contributed by atoms with van der Waals surface area (Å²) in [6.07, 6.45) is -7.30. The molecule has 1 aromatic heterocycles. The number of benzene rings is 2. The molecule has 46 heavy (non-hydrogen) atoms. The quantitative estimate of drug-likeness (QED) is 0.183. The molecule has 4 rings (SSSR count). The van der Waals surface area contributed by atoms with Gasteiger partial charge in [-0.25, -0.2) is 0 Å². The summed E-state index contributed by atoms with van der Waals surface area (Å²) in [6, 6.07) is 7.81. The minimum Gasteiger partial charge on any atom is -0.361 e. The maximum Gasteiger partial charge on any atom is 0.416 e. The van der Waals surface area contributed by atoms with E-state index < -0.39 is 41.0 Å². The van der Waals surface area contributed by atoms with Gasteiger partial charge in [-0.2, -0.15) is 26.3 Å². The number of nitrogens with zero attached hydrogens (tertiary/aromatic N) is 3. The minimum atomic E-state index is -5.07. The number of alkyl halides is 6. The van der Waals surface area contributed by atoms with Crippen LogP contribution in [0.3, 0.4) is 0 Å². The predicted molar refractivity (Wildman–Crippen MR) is 170 cm³/mol. The molecule has 2 amide bonds. The molecule has 2 aromatic carbocycles. The van der Waals surface area contributed by atoms with Gasteiger partial charge in [-0.15, -0.1) is 24.8 Å². The van der Waals surface area contributed by atoms with Crippen molar-refractivity contribution in [3.05, 3.63) is 70.9 Å². The number of aromatic amines is 1. The van der Waals surface area contributed by atoms with Crippen LogP contribution in [0.5, 0.6) is 0 Å². The van der Waals surface area contributed by atoms with E-state index in [0.29, 0.717) is 18.7 Å². The van der Waals surface area contributed by atoms with Crippen molar-refractivity contribution in [3.63, 3.8) is 0 Å². The molecule has 7 nitrogen and oxygen atoms in total. The first-order valence-electron chi connectivity index (χ1n) is 14.7. The highest BCUT2D eigenvalue weighted by Gasteiger charge is 2.39. The number of aromatic nitrogens is 1. The number of fused-ring (bicyclic) bond motifs is 1. The van der Waals surface area contributed by atoms with E-state index in [-0.39, 0.29) is 69.4 Å². The van der Waals surface area contributed by atoms with Crippen LogP contribution in [0.2, 0.25) is 0 Å². The molecule has 0 unspecified atom stereocenters. The average molecular weight is 699 g/mol. The fourth-order valence-corrected chi connectivity index (χ4v) is 5.63. The standard InChI is InChI=1S/C31H37F6N5O2.2ClH/c1-3-40(4-2)11-7-10-38-28(43)20-41-12-13-42(25(19-41)16-22-18-39-27-9-6-5-8-26(22)27)29(44)21-14-23(30(32,33)34)17-24(15-21)31(35,36)37;;/h5-6,8-9,14-15,17-18,25,39H,3-4,7,10-13,16,19-20H2,1-2H3,(H,38,43);2*1H/t25-;;/m1../s1. The summed E-state index contributed by atoms with van der Waals surface area (Å²) in [4.78, 5) is 35.0. The zero-order chi connectivity index (χ0) is 32.1. The molecular formula is C31H39Cl2F6N5O2. The van der Waals surface area contributed by atoms with Gasteiger partial charge in [0, 0.05) is 54.9 Å². The van der Waals surface area contributed by atoms with Crippen LogP contribution >= 0.6 is 24.8 Å². The Kier molecular flexibility index (Phi) is 14.2. The van der Waals surface area contributed by atoms with Gasteiger partial charge in [-0.05, 0) is 62.3 Å². The Morgan fingerprint density at radius 3 is 2.20 bits per heavy atom. The van der Waals surface area contributed by atoms with E-state index in [1.807, 2.05) is 29.2 Å². The Morgan fingerprint density at radius 2 is 1.59 bits per heavy atom. The van der Waals surface area contributed by atoms with Gasteiger partial charge in [0.2, 0.25) is 5.91 Å². The highest BCUT2D eigenvalue weighted by Crippen LogP contribution is 2.37. The van der Waals surface area contributed by atoms with Crippen LogP contribution < -0.4 is 5.32 Å². The van der Waals surface area contributed by atoms with E-state index >= 15 is 0 Å². The Labute approximate surface area is 276 Å². The van der Waals surface area contributed by atoms with E-state index in [2.05, 4.69) is 29.0 Å². The maximum atomic E-state index is 13.7. The number of amides is 2. The van der Waals surface area contributed by atoms with Crippen molar-refractivity contribution < 1.29 is 35.9 Å². The molecule has 2 N–H and O–H groups in total. The molecule has 2 heterocycles. The summed E-state index contributed by atoms with van der Waals surface area (Å²) in [5, 5.41) is 3.80. The van der Waals surface area contributed by atoms with Crippen LogP contribution in [0, 0.1) is 0 Å². The Balaban J connectivity index is 0.00000368. The molecule has 15 heteroatoms. The number of hydrogen-bond donors (Lipinski definition) is 2. The fraction of sp³-hybridized carbons (Fsp3) is 0.484. The van der Waals surface area contributed by atoms with Gasteiger partial charge in [-0.3, -0.25) is 14.5 Å². The Morgan fingerprint density at radius 1 is 0.957 bits per heavy atom. The van der Waals surface area contributed by atoms with E-state index in [1.54, 1.807) is 6.20 Å². The van der Waals surface area contributed by atoms with Crippen LogP contribution in [-0.4, -0.2) is 89.9 Å². The lowest BCUT2D eigenvalue weighted by Crippen LogP contribution is -2.57. The highest BCUT2D eigenvalue weighted by atomic mass is 35.5. The third-order valence-electron chi connectivity index (χ3n) is 8.03. The van der Waals surface area contributed by atoms with Crippen molar-refractivity contribution in [3.8, 4) is 0 Å². The summed E-state index contributed by atoms with van der Waals surface area (Å²) in [6.45, 7) is 7.86. The number of carbonyl (C=O) groups excluding carboxylic acids is 2. The molecule has 0 radical (unpaired) electrons. The Bertz CT molecular complexity index is 1410. The van der Waals surface area contributed by atoms with Crippen LogP contribution in [0.4, 0.5) is 26.3 Å². The van der Waals surface area contributed by atoms with Gasteiger partial charge >= 0.3 is 12.4 Å². The monoisotopic (exact) mass is 697 g/mol. The zero-order valence-corrected chi connectivity index (χ0v) is 27.1. The molecule has 1 atom stereocenters. The van der Waals surface area contributed by atoms with Crippen LogP contribution in [0.1, 0.15) is 47.3 Å². The minimum absolute atomic E-state index is 0. The highest BCUT2D eigenvalue weighted by molar-refractivity contribution is 5.95. The normalized spacial score (nSPS) is 15.8. The summed E-state index contributed by atoms with van der Waals surface area (Å²) < 4.78 is 81.2. The molecular weight excluding hydrogens is 659 g/mol. The van der Waals surface area contributed by atoms with E-state index in [9.17, 15) is 35.9 Å². The fourth-order valence-electron chi connectivity index (χ4n) is 5.63. The van der Waals surface area contributed by atoms with E-state index in [1.165, 1.54) is 4.90 Å². The molecule has 3 aromatic rings. The molecule has 0 saturated carbocycles. The second-order valence-corrected chi connectivity index (χ2v) is 11.0. The molecule has 0 bridgehead atoms. The summed E-state index contributed by atoms with van der Waals surface area (Å²) in [5.41, 5.74) is -2.08. The second kappa shape index (κ2) is 16.7. The molecule has 1 saturated heterocycles. The van der Waals surface area contributed by atoms with E-state index in [4.69, 9.17) is 0 Å². The smallest absolute Gasteiger partial charge is 0.361 e. The van der Waals surface area contributed by atoms with Gasteiger partial charge in [0.15, 0.2) is 0 Å². The van der Waals surface area contributed by atoms with Crippen molar-refractivity contribution in [2.75, 3.05) is 52.4 Å². The van der Waals surface area contributed by atoms with Crippen molar-refractivity contribution in [2.24, 2.45) is 0 Å². The van der Waals surface area contributed by atoms with Crippen LogP contribution in [0.15, 0.2) is 48.7 Å². The van der Waals surface area contributed by atoms with Crippen LogP contribution in [-0.2, 0) is 23.6 Å². The first-order valence-corrected chi connectivity index (χ1v) is 14.7. The van der Waals surface area contributed by atoms with Crippen LogP contribution in [0.25, 0.3) is 10.9 Å². The summed E-state index contributed by atoms with van der Waals surface area (Å²) >= 11 is 0. The van der Waals surface area contributed by atoms with Gasteiger partial charge in [-0.1, -0.05) is 32.0 Å². The number of hydrogen-bond acceptors (Lipinski definition) is 4. The van der Waals surface area contributed by atoms with Gasteiger partial charge in [0.25, 0.3) is 5.91 Å². The van der Waals surface area contributed by atoms with Crippen molar-refractivity contribution >= 4 is 47.5 Å². The predicted octanol–water partition coefficient (Wildman–Crippen LogP) is 6.27. The third kappa shape index (κ3) is 10.00. The lowest BCUT2D eigenvalue weighted by molar-refractivity contribution is -0.143. The summed E-state index contributed by atoms with van der Waals surface area (Å²) in [7, 11) is 0. The number of piperazine rings is 1. The first kappa shape index (κ1) is 39.2. The van der Waals surface area contributed by atoms with E-state index in [0.717, 1.165) is 42.5 Å². The second-order valence-electron chi connectivity index (χ2n) is 11.0. The lowest BCUT2D eigenvalue weighted by atomic mass is 9.98. The summed E-state index contributed by atoms with van der Waals surface area (Å²) in [5.74, 6) is -1.12. The number of carbonyl (C=O) groups is 2. The zero-order valence-electron chi connectivity index (χ0n) is 25.5. The molecule has 256 valence electrons. The number of nitrogens with one attached hydrogen (secondary N) is 2. The van der Waals surface area contributed by atoms with Gasteiger partial charge in [0.1, 0.15) is 0 Å². The van der Waals surface area contributed by atoms with Crippen molar-refractivity contribution in [1.29, 1.82) is 0 Å².